The highest BCUT2D eigenvalue weighted by atomic mass is 35.5. The smallest absolute Gasteiger partial charge is 0.317 e. The van der Waals surface area contributed by atoms with Gasteiger partial charge in [0, 0.05) is 38.4 Å². The van der Waals surface area contributed by atoms with Crippen molar-refractivity contribution in [1.29, 1.82) is 0 Å². The Morgan fingerprint density at radius 2 is 1.78 bits per heavy atom. The zero-order valence-electron chi connectivity index (χ0n) is 15.0. The molecule has 5 nitrogen and oxygen atoms in total. The van der Waals surface area contributed by atoms with Crippen molar-refractivity contribution in [3.63, 3.8) is 0 Å². The van der Waals surface area contributed by atoms with Crippen LogP contribution in [-0.2, 0) is 0 Å². The second-order valence-electron chi connectivity index (χ2n) is 6.31. The Labute approximate surface area is 163 Å². The first-order valence-electron chi connectivity index (χ1n) is 9.04. The van der Waals surface area contributed by atoms with Gasteiger partial charge in [-0.25, -0.2) is 9.18 Å². The van der Waals surface area contributed by atoms with Gasteiger partial charge in [-0.3, -0.25) is 0 Å². The Morgan fingerprint density at radius 3 is 2.48 bits per heavy atom. The summed E-state index contributed by atoms with van der Waals surface area (Å²) in [6.45, 7) is 3.77. The zero-order chi connectivity index (χ0) is 19.1. The SMILES string of the molecule is O=C(NCCCOc1ccccc1Cl)N1CCN(c2ccc(F)cc2)CC1. The minimum atomic E-state index is -0.240. The highest BCUT2D eigenvalue weighted by molar-refractivity contribution is 6.32. The largest absolute Gasteiger partial charge is 0.492 e. The molecule has 0 aromatic heterocycles. The summed E-state index contributed by atoms with van der Waals surface area (Å²) < 4.78 is 18.6. The minimum Gasteiger partial charge on any atom is -0.492 e. The maximum Gasteiger partial charge on any atom is 0.317 e. The molecule has 27 heavy (non-hydrogen) atoms. The van der Waals surface area contributed by atoms with Crippen LogP contribution in [0, 0.1) is 5.82 Å². The number of piperazine rings is 1. The molecular weight excluding hydrogens is 369 g/mol. The van der Waals surface area contributed by atoms with Crippen molar-refractivity contribution in [2.45, 2.75) is 6.42 Å². The number of rotatable bonds is 6. The maximum absolute atomic E-state index is 13.0. The number of urea groups is 1. The second kappa shape index (κ2) is 9.46. The van der Waals surface area contributed by atoms with Crippen molar-refractivity contribution >= 4 is 23.3 Å². The number of para-hydroxylation sites is 1. The van der Waals surface area contributed by atoms with E-state index >= 15 is 0 Å². The summed E-state index contributed by atoms with van der Waals surface area (Å²) in [6.07, 6.45) is 0.701. The number of nitrogens with zero attached hydrogens (tertiary/aromatic N) is 2. The molecule has 0 spiro atoms. The third-order valence-corrected chi connectivity index (χ3v) is 4.76. The first-order valence-corrected chi connectivity index (χ1v) is 9.42. The van der Waals surface area contributed by atoms with E-state index < -0.39 is 0 Å². The summed E-state index contributed by atoms with van der Waals surface area (Å²) in [5.41, 5.74) is 0.980. The molecule has 0 unspecified atom stereocenters. The Kier molecular flexibility index (Phi) is 6.76. The van der Waals surface area contributed by atoms with E-state index in [9.17, 15) is 9.18 Å². The third kappa shape index (κ3) is 5.50. The van der Waals surface area contributed by atoms with Gasteiger partial charge in [-0.15, -0.1) is 0 Å². The average Bonchev–Trinajstić information content (AvgIpc) is 2.69. The molecule has 1 fully saturated rings. The maximum atomic E-state index is 13.0. The standard InChI is InChI=1S/C20H23ClFN3O2/c21-18-4-1-2-5-19(18)27-15-3-10-23-20(26)25-13-11-24(12-14-25)17-8-6-16(22)7-9-17/h1-2,4-9H,3,10-15H2,(H,23,26). The Morgan fingerprint density at radius 1 is 1.07 bits per heavy atom. The van der Waals surface area contributed by atoms with Gasteiger partial charge in [0.05, 0.1) is 11.6 Å². The zero-order valence-corrected chi connectivity index (χ0v) is 15.8. The van der Waals surface area contributed by atoms with Gasteiger partial charge >= 0.3 is 6.03 Å². The molecule has 1 saturated heterocycles. The van der Waals surface area contributed by atoms with Crippen molar-refractivity contribution in [2.75, 3.05) is 44.2 Å². The summed E-state index contributed by atoms with van der Waals surface area (Å²) in [4.78, 5) is 16.2. The Balaban J connectivity index is 1.33. The first-order chi connectivity index (χ1) is 13.1. The molecule has 0 radical (unpaired) electrons. The fourth-order valence-corrected chi connectivity index (χ4v) is 3.13. The predicted octanol–water partition coefficient (Wildman–Crippen LogP) is 3.78. The van der Waals surface area contributed by atoms with Crippen LogP contribution >= 0.6 is 11.6 Å². The monoisotopic (exact) mass is 391 g/mol. The number of carbonyl (C=O) groups is 1. The van der Waals surface area contributed by atoms with E-state index in [1.807, 2.05) is 18.2 Å². The fraction of sp³-hybridized carbons (Fsp3) is 0.350. The van der Waals surface area contributed by atoms with Crippen LogP contribution in [0.2, 0.25) is 5.02 Å². The van der Waals surface area contributed by atoms with E-state index in [0.717, 1.165) is 18.8 Å². The van der Waals surface area contributed by atoms with Crippen molar-refractivity contribution in [3.8, 4) is 5.75 Å². The molecule has 0 aliphatic carbocycles. The lowest BCUT2D eigenvalue weighted by Gasteiger charge is -2.36. The number of carbonyl (C=O) groups excluding carboxylic acids is 1. The molecule has 0 saturated carbocycles. The van der Waals surface area contributed by atoms with E-state index in [0.29, 0.717) is 43.4 Å². The molecule has 1 aliphatic heterocycles. The van der Waals surface area contributed by atoms with Crippen LogP contribution < -0.4 is 15.0 Å². The van der Waals surface area contributed by atoms with Gasteiger partial charge in [-0.2, -0.15) is 0 Å². The number of halogens is 2. The molecule has 1 heterocycles. The topological polar surface area (TPSA) is 44.8 Å². The summed E-state index contributed by atoms with van der Waals surface area (Å²) >= 11 is 6.03. The van der Waals surface area contributed by atoms with Crippen LogP contribution in [0.1, 0.15) is 6.42 Å². The molecule has 144 valence electrons. The molecule has 2 aromatic rings. The van der Waals surface area contributed by atoms with Crippen LogP contribution in [0.25, 0.3) is 0 Å². The lowest BCUT2D eigenvalue weighted by atomic mass is 10.2. The Hall–Kier alpha value is -2.47. The average molecular weight is 392 g/mol. The molecule has 0 bridgehead atoms. The summed E-state index contributed by atoms with van der Waals surface area (Å²) in [5, 5.41) is 3.51. The minimum absolute atomic E-state index is 0.0634. The van der Waals surface area contributed by atoms with E-state index in [1.165, 1.54) is 12.1 Å². The summed E-state index contributed by atoms with van der Waals surface area (Å²) in [6, 6.07) is 13.7. The van der Waals surface area contributed by atoms with Crippen molar-refractivity contribution in [2.24, 2.45) is 0 Å². The van der Waals surface area contributed by atoms with E-state index in [1.54, 1.807) is 23.1 Å². The molecule has 3 rings (SSSR count). The van der Waals surface area contributed by atoms with Gasteiger partial charge in [0.25, 0.3) is 0 Å². The molecular formula is C20H23ClFN3O2. The van der Waals surface area contributed by atoms with Crippen LogP contribution in [0.4, 0.5) is 14.9 Å². The number of benzene rings is 2. The van der Waals surface area contributed by atoms with Gasteiger partial charge in [0.1, 0.15) is 11.6 Å². The highest BCUT2D eigenvalue weighted by Crippen LogP contribution is 2.23. The van der Waals surface area contributed by atoms with Crippen molar-refractivity contribution in [1.82, 2.24) is 10.2 Å². The molecule has 0 atom stereocenters. The Bertz CT molecular complexity index is 749. The molecule has 7 heteroatoms. The lowest BCUT2D eigenvalue weighted by molar-refractivity contribution is 0.193. The van der Waals surface area contributed by atoms with Crippen LogP contribution in [-0.4, -0.2) is 50.3 Å². The van der Waals surface area contributed by atoms with Crippen molar-refractivity contribution in [3.05, 3.63) is 59.4 Å². The van der Waals surface area contributed by atoms with Gasteiger partial charge in [0.2, 0.25) is 0 Å². The third-order valence-electron chi connectivity index (χ3n) is 4.45. The second-order valence-corrected chi connectivity index (χ2v) is 6.72. The number of anilines is 1. The summed E-state index contributed by atoms with van der Waals surface area (Å²) in [7, 11) is 0. The van der Waals surface area contributed by atoms with E-state index in [4.69, 9.17) is 16.3 Å². The van der Waals surface area contributed by atoms with Crippen molar-refractivity contribution < 1.29 is 13.9 Å². The fourth-order valence-electron chi connectivity index (χ4n) is 2.94. The normalized spacial score (nSPS) is 14.1. The van der Waals surface area contributed by atoms with Crippen LogP contribution in [0.15, 0.2) is 48.5 Å². The van der Waals surface area contributed by atoms with Gasteiger partial charge in [0.15, 0.2) is 0 Å². The first kappa shape index (κ1) is 19.3. The number of hydrogen-bond acceptors (Lipinski definition) is 3. The number of nitrogens with one attached hydrogen (secondary N) is 1. The van der Waals surface area contributed by atoms with Crippen LogP contribution in [0.5, 0.6) is 5.75 Å². The molecule has 1 aliphatic rings. The lowest BCUT2D eigenvalue weighted by Crippen LogP contribution is -2.52. The predicted molar refractivity (Wildman–Crippen MR) is 105 cm³/mol. The van der Waals surface area contributed by atoms with Gasteiger partial charge < -0.3 is 19.9 Å². The van der Waals surface area contributed by atoms with Gasteiger partial charge in [-0.05, 0) is 42.8 Å². The molecule has 2 aromatic carbocycles. The summed E-state index contributed by atoms with van der Waals surface area (Å²) in [5.74, 6) is 0.415. The van der Waals surface area contributed by atoms with Crippen LogP contribution in [0.3, 0.4) is 0 Å². The highest BCUT2D eigenvalue weighted by Gasteiger charge is 2.20. The number of amides is 2. The molecule has 1 N–H and O–H groups in total. The quantitative estimate of drug-likeness (QED) is 0.762. The number of ether oxygens (including phenoxy) is 1. The van der Waals surface area contributed by atoms with E-state index in [-0.39, 0.29) is 11.8 Å². The van der Waals surface area contributed by atoms with E-state index in [2.05, 4.69) is 10.2 Å². The number of hydrogen-bond donors (Lipinski definition) is 1. The van der Waals surface area contributed by atoms with Gasteiger partial charge in [-0.1, -0.05) is 23.7 Å². The molecule has 2 amide bonds.